The second kappa shape index (κ2) is 4.82. The van der Waals surface area contributed by atoms with Gasteiger partial charge < -0.3 is 0 Å². The molecule has 2 heterocycles. The molecule has 0 aliphatic rings. The second-order valence-corrected chi connectivity index (χ2v) is 5.38. The summed E-state index contributed by atoms with van der Waals surface area (Å²) >= 11 is 6.91. The highest BCUT2D eigenvalue weighted by atomic mass is 79.9. The lowest BCUT2D eigenvalue weighted by atomic mass is 10.1. The Kier molecular flexibility index (Phi) is 3.18. The molecule has 0 atom stereocenters. The van der Waals surface area contributed by atoms with Crippen LogP contribution in [0.4, 0.5) is 0 Å². The van der Waals surface area contributed by atoms with Crippen LogP contribution >= 0.6 is 31.9 Å². The quantitative estimate of drug-likeness (QED) is 0.640. The topological polar surface area (TPSA) is 30.7 Å². The predicted molar refractivity (Wildman–Crippen MR) is 79.2 cm³/mol. The molecule has 1 aromatic carbocycles. The van der Waals surface area contributed by atoms with E-state index in [4.69, 9.17) is 0 Å². The average molecular weight is 367 g/mol. The zero-order valence-corrected chi connectivity index (χ0v) is 12.5. The number of hydrogen-bond acceptors (Lipinski definition) is 2. The van der Waals surface area contributed by atoms with E-state index in [0.29, 0.717) is 0 Å². The maximum Gasteiger partial charge on any atom is 0.158 e. The third kappa shape index (κ3) is 2.08. The first-order valence-electron chi connectivity index (χ1n) is 5.43. The molecule has 0 spiro atoms. The Balaban J connectivity index is 2.26. The van der Waals surface area contributed by atoms with Crippen LogP contribution in [-0.4, -0.2) is 14.8 Å². The van der Waals surface area contributed by atoms with Crippen LogP contribution in [0.1, 0.15) is 5.56 Å². The Morgan fingerprint density at radius 3 is 2.78 bits per heavy atom. The molecule has 0 aliphatic carbocycles. The largest absolute Gasteiger partial charge is 0.228 e. The lowest BCUT2D eigenvalue weighted by Gasteiger charge is -2.08. The van der Waals surface area contributed by atoms with Crippen LogP contribution in [-0.2, 0) is 5.33 Å². The molecule has 5 heteroatoms. The van der Waals surface area contributed by atoms with Gasteiger partial charge in [0.05, 0.1) is 16.2 Å². The summed E-state index contributed by atoms with van der Waals surface area (Å²) in [4.78, 5) is 4.68. The summed E-state index contributed by atoms with van der Waals surface area (Å²) in [6, 6.07) is 10.2. The zero-order chi connectivity index (χ0) is 12.5. The van der Waals surface area contributed by atoms with E-state index >= 15 is 0 Å². The summed E-state index contributed by atoms with van der Waals surface area (Å²) in [5.41, 5.74) is 2.09. The van der Waals surface area contributed by atoms with Gasteiger partial charge in [-0.15, -0.1) is 0 Å². The third-order valence-corrected chi connectivity index (χ3v) is 3.71. The van der Waals surface area contributed by atoms with E-state index in [9.17, 15) is 0 Å². The molecular weight excluding hydrogens is 358 g/mol. The van der Waals surface area contributed by atoms with E-state index < -0.39 is 0 Å². The van der Waals surface area contributed by atoms with Crippen molar-refractivity contribution in [2.45, 2.75) is 5.33 Å². The molecule has 0 aliphatic heterocycles. The second-order valence-electron chi connectivity index (χ2n) is 3.90. The molecule has 0 N–H and O–H groups in total. The molecule has 2 aromatic heterocycles. The number of benzene rings is 1. The minimum atomic E-state index is 0.748. The van der Waals surface area contributed by atoms with Gasteiger partial charge >= 0.3 is 0 Å². The number of para-hydroxylation sites is 1. The summed E-state index contributed by atoms with van der Waals surface area (Å²) in [7, 11) is 0. The van der Waals surface area contributed by atoms with Crippen molar-refractivity contribution in [3.8, 4) is 5.82 Å². The number of halogens is 2. The monoisotopic (exact) mass is 365 g/mol. The van der Waals surface area contributed by atoms with Gasteiger partial charge in [0, 0.05) is 22.5 Å². The van der Waals surface area contributed by atoms with Gasteiger partial charge in [-0.25, -0.2) is 9.67 Å². The number of rotatable bonds is 2. The van der Waals surface area contributed by atoms with Gasteiger partial charge in [0.15, 0.2) is 5.82 Å². The van der Waals surface area contributed by atoms with E-state index in [2.05, 4.69) is 54.1 Å². The van der Waals surface area contributed by atoms with E-state index in [1.54, 1.807) is 10.9 Å². The van der Waals surface area contributed by atoms with E-state index in [-0.39, 0.29) is 0 Å². The molecular formula is C13H9Br2N3. The lowest BCUT2D eigenvalue weighted by Crippen LogP contribution is -2.02. The Labute approximate surface area is 121 Å². The smallest absolute Gasteiger partial charge is 0.158 e. The first-order valence-corrected chi connectivity index (χ1v) is 7.34. The van der Waals surface area contributed by atoms with Crippen molar-refractivity contribution in [1.82, 2.24) is 14.8 Å². The van der Waals surface area contributed by atoms with Gasteiger partial charge in [0.1, 0.15) is 0 Å². The van der Waals surface area contributed by atoms with Crippen LogP contribution in [0, 0.1) is 0 Å². The van der Waals surface area contributed by atoms with Gasteiger partial charge in [-0.2, -0.15) is 5.10 Å². The number of nitrogens with zero attached hydrogens (tertiary/aromatic N) is 3. The van der Waals surface area contributed by atoms with Crippen molar-refractivity contribution in [3.05, 3.63) is 52.8 Å². The van der Waals surface area contributed by atoms with Gasteiger partial charge in [-0.1, -0.05) is 34.1 Å². The maximum absolute atomic E-state index is 4.68. The standard InChI is InChI=1S/C13H9Br2N3/c14-6-10-5-9-3-1-2-4-12(9)17-13(10)18-8-11(15)7-16-18/h1-5,7-8H,6H2. The summed E-state index contributed by atoms with van der Waals surface area (Å²) in [5.74, 6) is 0.858. The zero-order valence-electron chi connectivity index (χ0n) is 9.35. The Morgan fingerprint density at radius 2 is 2.06 bits per heavy atom. The Hall–Kier alpha value is -1.20. The normalized spacial score (nSPS) is 11.0. The van der Waals surface area contributed by atoms with E-state index in [1.807, 2.05) is 24.4 Å². The molecule has 3 nitrogen and oxygen atoms in total. The highest BCUT2D eigenvalue weighted by Gasteiger charge is 2.09. The fourth-order valence-corrected chi connectivity index (χ4v) is 2.56. The average Bonchev–Trinajstić information content (AvgIpc) is 2.83. The summed E-state index contributed by atoms with van der Waals surface area (Å²) in [5, 5.41) is 6.18. The van der Waals surface area contributed by atoms with Crippen molar-refractivity contribution in [2.75, 3.05) is 0 Å². The van der Waals surface area contributed by atoms with Crippen LogP contribution in [0.25, 0.3) is 16.7 Å². The molecule has 0 fully saturated rings. The van der Waals surface area contributed by atoms with Gasteiger partial charge in [-0.3, -0.25) is 0 Å². The van der Waals surface area contributed by atoms with Gasteiger partial charge in [0.2, 0.25) is 0 Å². The number of aromatic nitrogens is 3. The molecule has 0 radical (unpaired) electrons. The van der Waals surface area contributed by atoms with Crippen molar-refractivity contribution in [1.29, 1.82) is 0 Å². The Bertz CT molecular complexity index is 706. The van der Waals surface area contributed by atoms with E-state index in [0.717, 1.165) is 32.1 Å². The highest BCUT2D eigenvalue weighted by Crippen LogP contribution is 2.22. The van der Waals surface area contributed by atoms with Crippen LogP contribution in [0.3, 0.4) is 0 Å². The molecule has 3 aromatic rings. The molecule has 0 amide bonds. The van der Waals surface area contributed by atoms with Gasteiger partial charge in [-0.05, 0) is 28.1 Å². The minimum absolute atomic E-state index is 0.748. The van der Waals surface area contributed by atoms with Crippen molar-refractivity contribution in [3.63, 3.8) is 0 Å². The SMILES string of the molecule is BrCc1cc2ccccc2nc1-n1cc(Br)cn1. The summed E-state index contributed by atoms with van der Waals surface area (Å²) in [6.07, 6.45) is 3.66. The molecule has 3 rings (SSSR count). The van der Waals surface area contributed by atoms with Crippen LogP contribution < -0.4 is 0 Å². The predicted octanol–water partition coefficient (Wildman–Crippen LogP) is 4.08. The molecule has 90 valence electrons. The lowest BCUT2D eigenvalue weighted by molar-refractivity contribution is 0.843. The minimum Gasteiger partial charge on any atom is -0.228 e. The molecule has 0 unspecified atom stereocenters. The maximum atomic E-state index is 4.68. The van der Waals surface area contributed by atoms with Crippen molar-refractivity contribution >= 4 is 42.8 Å². The summed E-state index contributed by atoms with van der Waals surface area (Å²) < 4.78 is 2.73. The van der Waals surface area contributed by atoms with Crippen LogP contribution in [0.15, 0.2) is 47.2 Å². The van der Waals surface area contributed by atoms with Crippen LogP contribution in [0.2, 0.25) is 0 Å². The molecule has 0 saturated carbocycles. The third-order valence-electron chi connectivity index (χ3n) is 2.69. The first kappa shape index (κ1) is 11.9. The fraction of sp³-hybridized carbons (Fsp3) is 0.0769. The molecule has 18 heavy (non-hydrogen) atoms. The number of hydrogen-bond donors (Lipinski definition) is 0. The fourth-order valence-electron chi connectivity index (χ4n) is 1.86. The van der Waals surface area contributed by atoms with E-state index in [1.165, 1.54) is 0 Å². The molecule has 0 bridgehead atoms. The molecule has 0 saturated heterocycles. The van der Waals surface area contributed by atoms with Crippen molar-refractivity contribution in [2.24, 2.45) is 0 Å². The highest BCUT2D eigenvalue weighted by molar-refractivity contribution is 9.10. The van der Waals surface area contributed by atoms with Gasteiger partial charge in [0.25, 0.3) is 0 Å². The first-order chi connectivity index (χ1) is 8.78. The summed E-state index contributed by atoms with van der Waals surface area (Å²) in [6.45, 7) is 0. The number of alkyl halides is 1. The number of pyridine rings is 1. The number of fused-ring (bicyclic) bond motifs is 1. The van der Waals surface area contributed by atoms with Crippen molar-refractivity contribution < 1.29 is 0 Å². The van der Waals surface area contributed by atoms with Crippen LogP contribution in [0.5, 0.6) is 0 Å². The Morgan fingerprint density at radius 1 is 1.22 bits per heavy atom.